The van der Waals surface area contributed by atoms with E-state index >= 15 is 0 Å². The topological polar surface area (TPSA) is 24.3 Å². The molecule has 8 aromatic rings. The monoisotopic (exact) mass is 618 g/mol. The summed E-state index contributed by atoms with van der Waals surface area (Å²) in [6.45, 7) is 2.16. The second-order valence-electron chi connectivity index (χ2n) is 11.8. The van der Waals surface area contributed by atoms with Crippen molar-refractivity contribution >= 4 is 45.2 Å². The Labute approximate surface area is 281 Å². The minimum absolute atomic E-state index is 0.885. The summed E-state index contributed by atoms with van der Waals surface area (Å²) in [6.07, 6.45) is 0. The first-order valence-electron chi connectivity index (χ1n) is 16.2. The third kappa shape index (κ3) is 5.50. The van der Waals surface area contributed by atoms with E-state index in [2.05, 4.69) is 209 Å². The number of hydrogen-bond acceptors (Lipinski definition) is 3. The zero-order valence-electron chi connectivity index (χ0n) is 26.7. The first kappa shape index (κ1) is 29.0. The van der Waals surface area contributed by atoms with Gasteiger partial charge in [-0.3, -0.25) is 4.57 Å². The highest BCUT2D eigenvalue weighted by Gasteiger charge is 2.22. The van der Waals surface area contributed by atoms with Gasteiger partial charge in [0.05, 0.1) is 16.7 Å². The van der Waals surface area contributed by atoms with Gasteiger partial charge in [0.25, 0.3) is 0 Å². The number of aromatic nitrogens is 2. The Hall–Kier alpha value is -6.39. The van der Waals surface area contributed by atoms with Gasteiger partial charge < -0.3 is 9.80 Å². The van der Waals surface area contributed by atoms with Crippen LogP contribution >= 0.6 is 0 Å². The zero-order chi connectivity index (χ0) is 32.3. The van der Waals surface area contributed by atoms with Crippen molar-refractivity contribution in [2.45, 2.75) is 6.92 Å². The molecule has 4 heteroatoms. The Morgan fingerprint density at radius 3 is 1.31 bits per heavy atom. The average molecular weight is 619 g/mol. The van der Waals surface area contributed by atoms with E-state index in [-0.39, 0.29) is 0 Å². The number of para-hydroxylation sites is 7. The van der Waals surface area contributed by atoms with Gasteiger partial charge in [0.1, 0.15) is 5.82 Å². The fourth-order valence-electron chi connectivity index (χ4n) is 6.46. The molecular formula is C44H34N4. The minimum Gasteiger partial charge on any atom is -0.310 e. The summed E-state index contributed by atoms with van der Waals surface area (Å²) < 4.78 is 2.30. The van der Waals surface area contributed by atoms with Crippen LogP contribution in [0.4, 0.5) is 34.1 Å². The number of aryl methyl sites for hydroxylation is 1. The van der Waals surface area contributed by atoms with Crippen LogP contribution in [0.25, 0.3) is 28.1 Å². The zero-order valence-corrected chi connectivity index (χ0v) is 26.7. The molecule has 0 unspecified atom stereocenters. The van der Waals surface area contributed by atoms with E-state index in [1.807, 2.05) is 0 Å². The molecular weight excluding hydrogens is 585 g/mol. The van der Waals surface area contributed by atoms with Crippen molar-refractivity contribution in [2.24, 2.45) is 0 Å². The molecule has 4 nitrogen and oxygen atoms in total. The Morgan fingerprint density at radius 1 is 0.417 bits per heavy atom. The van der Waals surface area contributed by atoms with E-state index in [0.717, 1.165) is 62.2 Å². The number of anilines is 6. The van der Waals surface area contributed by atoms with E-state index in [0.29, 0.717) is 0 Å². The first-order chi connectivity index (χ1) is 23.7. The smallest absolute Gasteiger partial charge is 0.145 e. The molecule has 0 N–H and O–H groups in total. The van der Waals surface area contributed by atoms with Crippen molar-refractivity contribution in [3.8, 4) is 17.1 Å². The number of hydrogen-bond donors (Lipinski definition) is 0. The van der Waals surface area contributed by atoms with E-state index in [1.165, 1.54) is 5.56 Å². The van der Waals surface area contributed by atoms with Crippen LogP contribution in [0.5, 0.6) is 0 Å². The number of benzene rings is 7. The molecule has 0 aliphatic carbocycles. The van der Waals surface area contributed by atoms with Crippen molar-refractivity contribution < 1.29 is 0 Å². The van der Waals surface area contributed by atoms with Crippen molar-refractivity contribution in [3.63, 3.8) is 0 Å². The highest BCUT2D eigenvalue weighted by molar-refractivity contribution is 5.89. The summed E-state index contributed by atoms with van der Waals surface area (Å²) in [6, 6.07) is 66.0. The van der Waals surface area contributed by atoms with Gasteiger partial charge in [0.2, 0.25) is 0 Å². The Bertz CT molecular complexity index is 2120. The predicted octanol–water partition coefficient (Wildman–Crippen LogP) is 11.9. The van der Waals surface area contributed by atoms with Gasteiger partial charge in [0.15, 0.2) is 0 Å². The molecule has 230 valence electrons. The Kier molecular flexibility index (Phi) is 7.73. The van der Waals surface area contributed by atoms with Gasteiger partial charge in [-0.25, -0.2) is 4.98 Å². The van der Waals surface area contributed by atoms with E-state index in [1.54, 1.807) is 0 Å². The molecule has 0 fully saturated rings. The number of fused-ring (bicyclic) bond motifs is 1. The lowest BCUT2D eigenvalue weighted by atomic mass is 10.1. The van der Waals surface area contributed by atoms with Crippen LogP contribution in [0, 0.1) is 6.92 Å². The summed E-state index contributed by atoms with van der Waals surface area (Å²) in [7, 11) is 0. The van der Waals surface area contributed by atoms with Crippen molar-refractivity contribution in [1.29, 1.82) is 0 Å². The van der Waals surface area contributed by atoms with Crippen LogP contribution in [-0.2, 0) is 0 Å². The first-order valence-corrected chi connectivity index (χ1v) is 16.2. The maximum absolute atomic E-state index is 5.32. The molecule has 0 radical (unpaired) electrons. The second-order valence-corrected chi connectivity index (χ2v) is 11.8. The fourth-order valence-corrected chi connectivity index (χ4v) is 6.46. The normalized spacial score (nSPS) is 11.0. The quantitative estimate of drug-likeness (QED) is 0.169. The molecule has 8 rings (SSSR count). The van der Waals surface area contributed by atoms with E-state index in [4.69, 9.17) is 4.98 Å². The van der Waals surface area contributed by atoms with Gasteiger partial charge in [-0.2, -0.15) is 0 Å². The van der Waals surface area contributed by atoms with Crippen LogP contribution in [0.3, 0.4) is 0 Å². The third-order valence-electron chi connectivity index (χ3n) is 8.65. The standard InChI is InChI=1S/C44H34N4/c1-33-18-14-16-28-42(33)48-43-29-17-15-27-41(43)45-44(48)34-30-39(46(35-19-6-2-7-20-35)36-21-8-3-9-22-36)32-40(31-34)47(37-23-10-4-11-24-37)38-25-12-5-13-26-38/h2-32H,1H3. The van der Waals surface area contributed by atoms with Gasteiger partial charge in [-0.1, -0.05) is 103 Å². The third-order valence-corrected chi connectivity index (χ3v) is 8.65. The molecule has 0 aliphatic rings. The summed E-state index contributed by atoms with van der Waals surface area (Å²) in [5, 5.41) is 0. The molecule has 0 saturated heterocycles. The molecule has 7 aromatic carbocycles. The minimum atomic E-state index is 0.885. The number of nitrogens with zero attached hydrogens (tertiary/aromatic N) is 4. The summed E-state index contributed by atoms with van der Waals surface area (Å²) in [5.74, 6) is 0.885. The van der Waals surface area contributed by atoms with Gasteiger partial charge in [-0.05, 0) is 97.4 Å². The Morgan fingerprint density at radius 2 is 0.833 bits per heavy atom. The van der Waals surface area contributed by atoms with Crippen LogP contribution < -0.4 is 9.80 Å². The lowest BCUT2D eigenvalue weighted by molar-refractivity contribution is 1.08. The highest BCUT2D eigenvalue weighted by atomic mass is 15.2. The van der Waals surface area contributed by atoms with Gasteiger partial charge in [0, 0.05) is 39.7 Å². The highest BCUT2D eigenvalue weighted by Crippen LogP contribution is 2.43. The van der Waals surface area contributed by atoms with E-state index in [9.17, 15) is 0 Å². The second kappa shape index (κ2) is 12.8. The largest absolute Gasteiger partial charge is 0.310 e. The fraction of sp³-hybridized carbons (Fsp3) is 0.0227. The molecule has 0 aliphatic heterocycles. The molecule has 0 amide bonds. The van der Waals surface area contributed by atoms with Gasteiger partial charge >= 0.3 is 0 Å². The van der Waals surface area contributed by atoms with Gasteiger partial charge in [-0.15, -0.1) is 0 Å². The summed E-state index contributed by atoms with van der Waals surface area (Å²) in [4.78, 5) is 9.96. The molecule has 1 aromatic heterocycles. The molecule has 48 heavy (non-hydrogen) atoms. The van der Waals surface area contributed by atoms with Crippen molar-refractivity contribution in [3.05, 3.63) is 194 Å². The molecule has 0 saturated carbocycles. The molecule has 0 bridgehead atoms. The number of rotatable bonds is 8. The lowest BCUT2D eigenvalue weighted by Crippen LogP contribution is -2.14. The number of imidazole rings is 1. The maximum atomic E-state index is 5.32. The van der Waals surface area contributed by atoms with Crippen LogP contribution in [0.2, 0.25) is 0 Å². The maximum Gasteiger partial charge on any atom is 0.145 e. The molecule has 0 atom stereocenters. The van der Waals surface area contributed by atoms with Crippen LogP contribution in [-0.4, -0.2) is 9.55 Å². The average Bonchev–Trinajstić information content (AvgIpc) is 3.53. The molecule has 1 heterocycles. The lowest BCUT2D eigenvalue weighted by Gasteiger charge is -2.30. The van der Waals surface area contributed by atoms with Crippen LogP contribution in [0.15, 0.2) is 188 Å². The predicted molar refractivity (Wildman–Crippen MR) is 201 cm³/mol. The van der Waals surface area contributed by atoms with Crippen LogP contribution in [0.1, 0.15) is 5.56 Å². The Balaban J connectivity index is 1.45. The van der Waals surface area contributed by atoms with Crippen molar-refractivity contribution in [2.75, 3.05) is 9.80 Å². The molecule has 0 spiro atoms. The summed E-state index contributed by atoms with van der Waals surface area (Å²) >= 11 is 0. The SMILES string of the molecule is Cc1ccccc1-n1c(-c2cc(N(c3ccccc3)c3ccccc3)cc(N(c3ccccc3)c3ccccc3)c2)nc2ccccc21. The van der Waals surface area contributed by atoms with Crippen molar-refractivity contribution in [1.82, 2.24) is 9.55 Å². The summed E-state index contributed by atoms with van der Waals surface area (Å²) in [5.41, 5.74) is 11.7. The van der Waals surface area contributed by atoms with E-state index < -0.39 is 0 Å².